The topological polar surface area (TPSA) is 69.4 Å². The normalized spacial score (nSPS) is 8.87. The van der Waals surface area contributed by atoms with Gasteiger partial charge < -0.3 is 4.74 Å². The molecular formula is C9H7NO4S. The molecule has 0 unspecified atom stereocenters. The average molecular weight is 225 g/mol. The van der Waals surface area contributed by atoms with Crippen molar-refractivity contribution in [3.8, 4) is 11.8 Å². The minimum absolute atomic E-state index is 0.0117. The third-order valence-electron chi connectivity index (χ3n) is 1.44. The Balaban J connectivity index is 2.64. The summed E-state index contributed by atoms with van der Waals surface area (Å²) in [6.45, 7) is 0. The number of carbonyl (C=O) groups is 1. The van der Waals surface area contributed by atoms with Crippen molar-refractivity contribution in [1.82, 2.24) is 0 Å². The summed E-state index contributed by atoms with van der Waals surface area (Å²) in [5.74, 6) is 4.79. The molecule has 0 atom stereocenters. The highest BCUT2D eigenvalue weighted by molar-refractivity contribution is 7.15. The van der Waals surface area contributed by atoms with E-state index >= 15 is 0 Å². The maximum Gasteiger partial charge on any atom is 0.325 e. The van der Waals surface area contributed by atoms with Gasteiger partial charge in [-0.1, -0.05) is 23.2 Å². The Morgan fingerprint density at radius 2 is 2.40 bits per heavy atom. The van der Waals surface area contributed by atoms with Crippen molar-refractivity contribution in [3.05, 3.63) is 27.1 Å². The molecule has 0 saturated carbocycles. The molecule has 0 spiro atoms. The Bertz CT molecular complexity index is 440. The van der Waals surface area contributed by atoms with E-state index in [1.54, 1.807) is 6.07 Å². The van der Waals surface area contributed by atoms with Crippen LogP contribution in [-0.2, 0) is 9.53 Å². The Kier molecular flexibility index (Phi) is 3.83. The number of carbonyl (C=O) groups excluding carboxylic acids is 1. The lowest BCUT2D eigenvalue weighted by Gasteiger charge is -1.88. The van der Waals surface area contributed by atoms with Crippen molar-refractivity contribution in [2.24, 2.45) is 0 Å². The lowest BCUT2D eigenvalue weighted by molar-refractivity contribution is -0.380. The quantitative estimate of drug-likeness (QED) is 0.331. The second kappa shape index (κ2) is 5.12. The molecule has 0 N–H and O–H groups in total. The molecule has 5 nitrogen and oxygen atoms in total. The summed E-state index contributed by atoms with van der Waals surface area (Å²) in [4.78, 5) is 21.1. The fraction of sp³-hybridized carbons (Fsp3) is 0.222. The predicted octanol–water partition coefficient (Wildman–Crippen LogP) is 1.57. The maximum atomic E-state index is 10.7. The fourth-order valence-electron chi connectivity index (χ4n) is 0.769. The van der Waals surface area contributed by atoms with Gasteiger partial charge in [-0.3, -0.25) is 14.9 Å². The minimum Gasteiger partial charge on any atom is -0.468 e. The van der Waals surface area contributed by atoms with Crippen molar-refractivity contribution < 1.29 is 14.5 Å². The second-order valence-electron chi connectivity index (χ2n) is 2.45. The Morgan fingerprint density at radius 1 is 1.67 bits per heavy atom. The van der Waals surface area contributed by atoms with Gasteiger partial charge in [-0.2, -0.15) is 0 Å². The van der Waals surface area contributed by atoms with Gasteiger partial charge in [0.25, 0.3) is 0 Å². The summed E-state index contributed by atoms with van der Waals surface area (Å²) >= 11 is 0.975. The van der Waals surface area contributed by atoms with E-state index in [-0.39, 0.29) is 11.4 Å². The molecule has 0 aliphatic rings. The first-order chi connectivity index (χ1) is 7.13. The van der Waals surface area contributed by atoms with Crippen LogP contribution in [0.4, 0.5) is 5.00 Å². The van der Waals surface area contributed by atoms with Crippen molar-refractivity contribution in [2.75, 3.05) is 7.11 Å². The van der Waals surface area contributed by atoms with E-state index in [1.165, 1.54) is 13.2 Å². The largest absolute Gasteiger partial charge is 0.468 e. The number of hydrogen-bond donors (Lipinski definition) is 0. The van der Waals surface area contributed by atoms with Crippen LogP contribution in [0.25, 0.3) is 0 Å². The molecule has 6 heteroatoms. The van der Waals surface area contributed by atoms with Gasteiger partial charge in [-0.25, -0.2) is 0 Å². The number of hydrogen-bond acceptors (Lipinski definition) is 5. The van der Waals surface area contributed by atoms with Crippen molar-refractivity contribution >= 4 is 22.3 Å². The maximum absolute atomic E-state index is 10.7. The lowest BCUT2D eigenvalue weighted by Crippen LogP contribution is -1.96. The zero-order valence-corrected chi connectivity index (χ0v) is 8.67. The molecule has 0 radical (unpaired) electrons. The smallest absolute Gasteiger partial charge is 0.325 e. The molecule has 0 aromatic carbocycles. The van der Waals surface area contributed by atoms with Gasteiger partial charge in [-0.05, 0) is 6.07 Å². The number of rotatable bonds is 2. The van der Waals surface area contributed by atoms with Crippen LogP contribution in [0.15, 0.2) is 12.1 Å². The van der Waals surface area contributed by atoms with E-state index in [9.17, 15) is 14.9 Å². The molecule has 1 aromatic rings. The summed E-state index contributed by atoms with van der Waals surface area (Å²) in [7, 11) is 1.28. The average Bonchev–Trinajstić information content (AvgIpc) is 2.66. The van der Waals surface area contributed by atoms with Gasteiger partial charge in [0, 0.05) is 6.07 Å². The van der Waals surface area contributed by atoms with Crippen LogP contribution in [-0.4, -0.2) is 18.0 Å². The highest BCUT2D eigenvalue weighted by atomic mass is 32.1. The molecule has 0 saturated heterocycles. The van der Waals surface area contributed by atoms with Crippen molar-refractivity contribution in [1.29, 1.82) is 0 Å². The standard InChI is InChI=1S/C9H7NO4S/c1-14-9(11)4-2-3-7-5-6-8(15-7)10(12)13/h5-6H,4H2,1H3. The number of nitrogens with zero attached hydrogens (tertiary/aromatic N) is 1. The molecule has 0 aliphatic heterocycles. The molecule has 1 aromatic heterocycles. The molecule has 78 valence electrons. The Morgan fingerprint density at radius 3 is 2.93 bits per heavy atom. The van der Waals surface area contributed by atoms with Crippen molar-refractivity contribution in [2.45, 2.75) is 6.42 Å². The van der Waals surface area contributed by atoms with Crippen LogP contribution in [0.5, 0.6) is 0 Å². The Labute approximate surface area is 89.8 Å². The molecule has 0 amide bonds. The first-order valence-corrected chi connectivity index (χ1v) is 4.75. The summed E-state index contributed by atoms with van der Waals surface area (Å²) in [5, 5.41) is 10.4. The highest BCUT2D eigenvalue weighted by Crippen LogP contribution is 2.22. The monoisotopic (exact) mass is 225 g/mol. The van der Waals surface area contributed by atoms with Gasteiger partial charge in [-0.15, -0.1) is 0 Å². The third-order valence-corrected chi connectivity index (χ3v) is 2.40. The van der Waals surface area contributed by atoms with E-state index in [1.807, 2.05) is 0 Å². The number of methoxy groups -OCH3 is 1. The van der Waals surface area contributed by atoms with Crippen molar-refractivity contribution in [3.63, 3.8) is 0 Å². The highest BCUT2D eigenvalue weighted by Gasteiger charge is 2.07. The molecule has 0 aliphatic carbocycles. The van der Waals surface area contributed by atoms with Crippen LogP contribution >= 0.6 is 11.3 Å². The van der Waals surface area contributed by atoms with Crippen LogP contribution in [0.2, 0.25) is 0 Å². The third kappa shape index (κ3) is 3.40. The molecule has 15 heavy (non-hydrogen) atoms. The lowest BCUT2D eigenvalue weighted by atomic mass is 10.4. The van der Waals surface area contributed by atoms with Gasteiger partial charge in [0.2, 0.25) is 0 Å². The van der Waals surface area contributed by atoms with E-state index in [2.05, 4.69) is 16.6 Å². The van der Waals surface area contributed by atoms with E-state index in [0.29, 0.717) is 4.88 Å². The van der Waals surface area contributed by atoms with Gasteiger partial charge >= 0.3 is 11.0 Å². The van der Waals surface area contributed by atoms with Crippen LogP contribution in [0, 0.1) is 22.0 Å². The molecule has 0 fully saturated rings. The predicted molar refractivity (Wildman–Crippen MR) is 54.5 cm³/mol. The summed E-state index contributed by atoms with van der Waals surface area (Å²) in [6, 6.07) is 2.93. The van der Waals surface area contributed by atoms with E-state index < -0.39 is 10.9 Å². The van der Waals surface area contributed by atoms with E-state index in [0.717, 1.165) is 11.3 Å². The minimum atomic E-state index is -0.476. The molecule has 0 bridgehead atoms. The Hall–Kier alpha value is -1.87. The van der Waals surface area contributed by atoms with E-state index in [4.69, 9.17) is 0 Å². The van der Waals surface area contributed by atoms with Gasteiger partial charge in [0.05, 0.1) is 16.9 Å². The summed E-state index contributed by atoms with van der Waals surface area (Å²) in [6.07, 6.45) is -0.0117. The summed E-state index contributed by atoms with van der Waals surface area (Å²) < 4.78 is 4.39. The number of thiophene rings is 1. The first-order valence-electron chi connectivity index (χ1n) is 3.93. The van der Waals surface area contributed by atoms with Crippen LogP contribution < -0.4 is 0 Å². The zero-order chi connectivity index (χ0) is 11.3. The SMILES string of the molecule is COC(=O)CC#Cc1ccc([N+](=O)[O-])s1. The van der Waals surface area contributed by atoms with Gasteiger partial charge in [0.15, 0.2) is 0 Å². The molecule has 1 rings (SSSR count). The summed E-state index contributed by atoms with van der Waals surface area (Å²) in [5.41, 5.74) is 0. The number of esters is 1. The molecule has 1 heterocycles. The van der Waals surface area contributed by atoms with Gasteiger partial charge in [0.1, 0.15) is 6.42 Å². The first kappa shape index (κ1) is 11.2. The number of nitro groups is 1. The fourth-order valence-corrected chi connectivity index (χ4v) is 1.46. The zero-order valence-electron chi connectivity index (χ0n) is 7.85. The number of ether oxygens (including phenoxy) is 1. The van der Waals surface area contributed by atoms with Crippen LogP contribution in [0.3, 0.4) is 0 Å². The van der Waals surface area contributed by atoms with Crippen LogP contribution in [0.1, 0.15) is 11.3 Å². The molecular weight excluding hydrogens is 218 g/mol. The second-order valence-corrected chi connectivity index (χ2v) is 3.51.